The van der Waals surface area contributed by atoms with E-state index in [1.54, 1.807) is 29.7 Å². The maximum atomic E-state index is 9.63. The lowest BCUT2D eigenvalue weighted by Gasteiger charge is -2.02. The normalized spacial score (nSPS) is 10.9. The first kappa shape index (κ1) is 13.4. The SMILES string of the molecule is COc1ccc(/C=N\Nc2nc(C)c(C)s2)cc1O. The van der Waals surface area contributed by atoms with Crippen LogP contribution in [0.1, 0.15) is 16.1 Å². The van der Waals surface area contributed by atoms with Crippen LogP contribution in [0.25, 0.3) is 0 Å². The van der Waals surface area contributed by atoms with Crippen LogP contribution in [0, 0.1) is 13.8 Å². The summed E-state index contributed by atoms with van der Waals surface area (Å²) in [6, 6.07) is 5.08. The minimum atomic E-state index is 0.0902. The lowest BCUT2D eigenvalue weighted by molar-refractivity contribution is 0.373. The first-order valence-corrected chi connectivity index (χ1v) is 6.52. The highest BCUT2D eigenvalue weighted by atomic mass is 32.1. The van der Waals surface area contributed by atoms with Crippen LogP contribution in [0.4, 0.5) is 5.13 Å². The molecule has 1 heterocycles. The number of nitrogens with zero attached hydrogens (tertiary/aromatic N) is 2. The van der Waals surface area contributed by atoms with Gasteiger partial charge in [0.25, 0.3) is 0 Å². The summed E-state index contributed by atoms with van der Waals surface area (Å²) in [4.78, 5) is 5.48. The summed E-state index contributed by atoms with van der Waals surface area (Å²) in [5, 5.41) is 14.5. The van der Waals surface area contributed by atoms with Crippen molar-refractivity contribution in [1.82, 2.24) is 4.98 Å². The van der Waals surface area contributed by atoms with Crippen LogP contribution in [-0.4, -0.2) is 23.4 Å². The Morgan fingerprint density at radius 3 is 2.79 bits per heavy atom. The second-order valence-corrected chi connectivity index (χ2v) is 5.17. The van der Waals surface area contributed by atoms with Gasteiger partial charge in [-0.15, -0.1) is 11.3 Å². The molecule has 0 atom stereocenters. The van der Waals surface area contributed by atoms with Crippen LogP contribution in [-0.2, 0) is 0 Å². The Morgan fingerprint density at radius 2 is 2.21 bits per heavy atom. The Morgan fingerprint density at radius 1 is 1.42 bits per heavy atom. The van der Waals surface area contributed by atoms with Crippen molar-refractivity contribution >= 4 is 22.7 Å². The number of aryl methyl sites for hydroxylation is 2. The molecular weight excluding hydrogens is 262 g/mol. The molecule has 0 bridgehead atoms. The molecule has 2 N–H and O–H groups in total. The number of hydrazone groups is 1. The molecule has 1 aromatic heterocycles. The summed E-state index contributed by atoms with van der Waals surface area (Å²) in [5.74, 6) is 0.531. The molecule has 0 fully saturated rings. The van der Waals surface area contributed by atoms with Crippen molar-refractivity contribution in [3.63, 3.8) is 0 Å². The molecule has 0 aliphatic rings. The van der Waals surface area contributed by atoms with Gasteiger partial charge in [0.1, 0.15) is 0 Å². The number of benzene rings is 1. The fourth-order valence-corrected chi connectivity index (χ4v) is 2.23. The highest BCUT2D eigenvalue weighted by Gasteiger charge is 2.02. The van der Waals surface area contributed by atoms with Crippen LogP contribution < -0.4 is 10.2 Å². The predicted octanol–water partition coefficient (Wildman–Crippen LogP) is 2.92. The van der Waals surface area contributed by atoms with Gasteiger partial charge >= 0.3 is 0 Å². The number of aromatic hydroxyl groups is 1. The highest BCUT2D eigenvalue weighted by molar-refractivity contribution is 7.15. The minimum Gasteiger partial charge on any atom is -0.504 e. The van der Waals surface area contributed by atoms with Crippen LogP contribution >= 0.6 is 11.3 Å². The van der Waals surface area contributed by atoms with Crippen molar-refractivity contribution in [3.8, 4) is 11.5 Å². The number of ether oxygens (including phenoxy) is 1. The Bertz CT molecular complexity index is 588. The van der Waals surface area contributed by atoms with Gasteiger partial charge in [-0.05, 0) is 37.6 Å². The van der Waals surface area contributed by atoms with Crippen molar-refractivity contribution in [2.75, 3.05) is 12.5 Å². The van der Waals surface area contributed by atoms with E-state index in [-0.39, 0.29) is 5.75 Å². The standard InChI is InChI=1S/C13H15N3O2S/c1-8-9(2)19-13(15-8)16-14-7-10-4-5-12(18-3)11(17)6-10/h4-7,17H,1-3H3,(H,15,16)/b14-7-. The molecule has 1 aromatic carbocycles. The van der Waals surface area contributed by atoms with E-state index in [1.165, 1.54) is 12.0 Å². The van der Waals surface area contributed by atoms with E-state index < -0.39 is 0 Å². The van der Waals surface area contributed by atoms with Gasteiger partial charge in [0.15, 0.2) is 11.5 Å². The van der Waals surface area contributed by atoms with Gasteiger partial charge in [-0.2, -0.15) is 5.10 Å². The predicted molar refractivity (Wildman–Crippen MR) is 77.5 cm³/mol. The zero-order valence-corrected chi connectivity index (χ0v) is 11.8. The Balaban J connectivity index is 2.04. The molecule has 0 saturated heterocycles. The third-order valence-corrected chi connectivity index (χ3v) is 3.58. The smallest absolute Gasteiger partial charge is 0.203 e. The minimum absolute atomic E-state index is 0.0902. The van der Waals surface area contributed by atoms with Crippen molar-refractivity contribution in [3.05, 3.63) is 34.3 Å². The molecule has 0 unspecified atom stereocenters. The van der Waals surface area contributed by atoms with Crippen LogP contribution in [0.2, 0.25) is 0 Å². The molecule has 0 spiro atoms. The van der Waals surface area contributed by atoms with Gasteiger partial charge in [-0.1, -0.05) is 0 Å². The third kappa shape index (κ3) is 3.23. The van der Waals surface area contributed by atoms with Crippen molar-refractivity contribution in [1.29, 1.82) is 0 Å². The number of methoxy groups -OCH3 is 1. The quantitative estimate of drug-likeness (QED) is 0.666. The number of rotatable bonds is 4. The largest absolute Gasteiger partial charge is 0.504 e. The second-order valence-electron chi connectivity index (χ2n) is 3.96. The number of aromatic nitrogens is 1. The first-order valence-electron chi connectivity index (χ1n) is 5.70. The maximum absolute atomic E-state index is 9.63. The summed E-state index contributed by atoms with van der Waals surface area (Å²) in [5.41, 5.74) is 4.65. The second kappa shape index (κ2) is 5.71. The fraction of sp³-hybridized carbons (Fsp3) is 0.231. The molecule has 0 aliphatic carbocycles. The summed E-state index contributed by atoms with van der Waals surface area (Å²) in [6.45, 7) is 3.98. The molecule has 6 heteroatoms. The monoisotopic (exact) mass is 277 g/mol. The van der Waals surface area contributed by atoms with Gasteiger partial charge < -0.3 is 9.84 Å². The molecule has 2 aromatic rings. The number of phenols is 1. The number of hydrogen-bond acceptors (Lipinski definition) is 6. The third-order valence-electron chi connectivity index (χ3n) is 2.61. The van der Waals surface area contributed by atoms with Gasteiger partial charge in [0.2, 0.25) is 5.13 Å². The average Bonchev–Trinajstić information content (AvgIpc) is 2.69. The van der Waals surface area contributed by atoms with Gasteiger partial charge in [0, 0.05) is 4.88 Å². The Labute approximate surface area is 115 Å². The van der Waals surface area contributed by atoms with E-state index in [1.807, 2.05) is 19.9 Å². The lowest BCUT2D eigenvalue weighted by atomic mass is 10.2. The lowest BCUT2D eigenvalue weighted by Crippen LogP contribution is -1.91. The van der Waals surface area contributed by atoms with Gasteiger partial charge in [0.05, 0.1) is 19.0 Å². The van der Waals surface area contributed by atoms with E-state index in [2.05, 4.69) is 15.5 Å². The van der Waals surface area contributed by atoms with E-state index in [4.69, 9.17) is 4.74 Å². The molecule has 0 aliphatic heterocycles. The Hall–Kier alpha value is -2.08. The van der Waals surface area contributed by atoms with Crippen molar-refractivity contribution in [2.45, 2.75) is 13.8 Å². The van der Waals surface area contributed by atoms with Crippen LogP contribution in [0.5, 0.6) is 11.5 Å². The zero-order chi connectivity index (χ0) is 13.8. The maximum Gasteiger partial charge on any atom is 0.203 e. The molecule has 19 heavy (non-hydrogen) atoms. The van der Waals surface area contributed by atoms with E-state index in [0.717, 1.165) is 16.4 Å². The van der Waals surface area contributed by atoms with Crippen LogP contribution in [0.3, 0.4) is 0 Å². The molecule has 5 nitrogen and oxygen atoms in total. The molecule has 100 valence electrons. The number of phenolic OH excluding ortho intramolecular Hbond substituents is 1. The number of hydrogen-bond donors (Lipinski definition) is 2. The van der Waals surface area contributed by atoms with E-state index in [9.17, 15) is 5.11 Å². The number of nitrogens with one attached hydrogen (secondary N) is 1. The van der Waals surface area contributed by atoms with Crippen molar-refractivity contribution < 1.29 is 9.84 Å². The summed E-state index contributed by atoms with van der Waals surface area (Å²) >= 11 is 1.55. The zero-order valence-electron chi connectivity index (χ0n) is 11.0. The highest BCUT2D eigenvalue weighted by Crippen LogP contribution is 2.25. The number of thiazole rings is 1. The molecule has 0 saturated carbocycles. The molecular formula is C13H15N3O2S. The molecule has 0 amide bonds. The van der Waals surface area contributed by atoms with Gasteiger partial charge in [-0.3, -0.25) is 5.43 Å². The molecule has 0 radical (unpaired) electrons. The number of anilines is 1. The fourth-order valence-electron chi connectivity index (χ4n) is 1.47. The first-order chi connectivity index (χ1) is 9.10. The van der Waals surface area contributed by atoms with Gasteiger partial charge in [-0.25, -0.2) is 4.98 Å². The molecule has 2 rings (SSSR count). The summed E-state index contributed by atoms with van der Waals surface area (Å²) in [7, 11) is 1.51. The van der Waals surface area contributed by atoms with E-state index in [0.29, 0.717) is 5.75 Å². The van der Waals surface area contributed by atoms with Crippen LogP contribution in [0.15, 0.2) is 23.3 Å². The van der Waals surface area contributed by atoms with E-state index >= 15 is 0 Å². The summed E-state index contributed by atoms with van der Waals surface area (Å²) < 4.78 is 4.97. The van der Waals surface area contributed by atoms with Crippen molar-refractivity contribution in [2.24, 2.45) is 5.10 Å². The topological polar surface area (TPSA) is 66.7 Å². The average molecular weight is 277 g/mol. The summed E-state index contributed by atoms with van der Waals surface area (Å²) in [6.07, 6.45) is 1.62. The Kier molecular flexibility index (Phi) is 4.01.